The van der Waals surface area contributed by atoms with Crippen LogP contribution < -0.4 is 37.2 Å². The number of likely N-dealkylation sites (tertiary alicyclic amines) is 1. The van der Waals surface area contributed by atoms with E-state index in [4.69, 9.17) is 0 Å². The van der Waals surface area contributed by atoms with Crippen molar-refractivity contribution in [2.24, 2.45) is 5.92 Å². The first kappa shape index (κ1) is 29.1. The molecule has 194 valence electrons. The van der Waals surface area contributed by atoms with Crippen LogP contribution >= 0.6 is 11.8 Å². The van der Waals surface area contributed by atoms with Crippen molar-refractivity contribution >= 4 is 47.0 Å². The molecule has 3 atom stereocenters. The van der Waals surface area contributed by atoms with Crippen molar-refractivity contribution in [1.82, 2.24) is 15.5 Å². The van der Waals surface area contributed by atoms with Gasteiger partial charge in [-0.1, -0.05) is 13.8 Å². The van der Waals surface area contributed by atoms with Gasteiger partial charge in [-0.15, -0.1) is 0 Å². The zero-order valence-electron chi connectivity index (χ0n) is 20.7. The monoisotopic (exact) mass is 617 g/mol. The first-order valence-corrected chi connectivity index (χ1v) is 16.3. The Morgan fingerprint density at radius 1 is 1.09 bits per heavy atom. The van der Waals surface area contributed by atoms with Crippen LogP contribution in [0.2, 0.25) is 0 Å². The SMILES string of the molecule is CSC1CC(=O)N(CCC(=O)NC(C(=O)N[C@@H](C)C(=O)Nc2ccc(C[I-]C)cc2)C(C)C)C1=O. The molecule has 35 heavy (non-hydrogen) atoms. The van der Waals surface area contributed by atoms with Crippen molar-refractivity contribution in [3.8, 4) is 0 Å². The Bertz CT molecular complexity index is 940. The minimum Gasteiger partial charge on any atom is -0.273 e. The molecule has 0 spiro atoms. The van der Waals surface area contributed by atoms with Crippen molar-refractivity contribution in [3.05, 3.63) is 29.8 Å². The number of benzene rings is 1. The zero-order valence-corrected chi connectivity index (χ0v) is 23.7. The van der Waals surface area contributed by atoms with Gasteiger partial charge in [0.05, 0.1) is 5.25 Å². The van der Waals surface area contributed by atoms with Crippen molar-refractivity contribution in [2.75, 3.05) is 23.0 Å². The van der Waals surface area contributed by atoms with Crippen LogP contribution in [0.1, 0.15) is 39.2 Å². The van der Waals surface area contributed by atoms with Gasteiger partial charge in [0.2, 0.25) is 17.7 Å². The summed E-state index contributed by atoms with van der Waals surface area (Å²) in [4.78, 5) is 65.4. The van der Waals surface area contributed by atoms with Gasteiger partial charge in [-0.05, 0) is 6.26 Å². The number of hydrogen-bond acceptors (Lipinski definition) is 6. The normalized spacial score (nSPS) is 17.4. The maximum atomic E-state index is 12.8. The van der Waals surface area contributed by atoms with Crippen LogP contribution in [0.25, 0.3) is 0 Å². The number of nitrogens with zero attached hydrogens (tertiary/aromatic N) is 1. The number of rotatable bonds is 12. The molecule has 5 amide bonds. The summed E-state index contributed by atoms with van der Waals surface area (Å²) in [7, 11) is 0. The molecule has 0 aliphatic carbocycles. The van der Waals surface area contributed by atoms with Crippen LogP contribution in [0.5, 0.6) is 0 Å². The van der Waals surface area contributed by atoms with E-state index in [1.807, 2.05) is 24.3 Å². The van der Waals surface area contributed by atoms with Gasteiger partial charge in [-0.2, -0.15) is 11.8 Å². The number of alkyl halides is 2. The summed E-state index contributed by atoms with van der Waals surface area (Å²) in [6, 6.07) is 5.97. The molecule has 9 nitrogen and oxygen atoms in total. The van der Waals surface area contributed by atoms with Crippen molar-refractivity contribution in [2.45, 2.75) is 55.4 Å². The van der Waals surface area contributed by atoms with E-state index in [0.717, 1.165) is 9.33 Å². The average Bonchev–Trinajstić information content (AvgIpc) is 3.09. The fourth-order valence-electron chi connectivity index (χ4n) is 3.52. The summed E-state index contributed by atoms with van der Waals surface area (Å²) in [6.45, 7) is 5.12. The Morgan fingerprint density at radius 3 is 2.29 bits per heavy atom. The molecular formula is C24H34IN4O5S-. The summed E-state index contributed by atoms with van der Waals surface area (Å²) in [5.74, 6) is -2.10. The number of halogens is 1. The van der Waals surface area contributed by atoms with E-state index in [-0.39, 0.29) is 64.2 Å². The van der Waals surface area contributed by atoms with E-state index in [9.17, 15) is 24.0 Å². The molecule has 0 saturated carbocycles. The number of amides is 5. The first-order valence-electron chi connectivity index (χ1n) is 11.4. The molecule has 0 radical (unpaired) electrons. The van der Waals surface area contributed by atoms with E-state index in [0.29, 0.717) is 5.69 Å². The minimum absolute atomic E-state index is 0.0232. The third-order valence-corrected chi connectivity index (χ3v) is 8.16. The Labute approximate surface area is 221 Å². The summed E-state index contributed by atoms with van der Waals surface area (Å²) < 4.78 is 1.07. The molecule has 2 unspecified atom stereocenters. The van der Waals surface area contributed by atoms with Crippen LogP contribution in [-0.2, 0) is 28.4 Å². The summed E-state index contributed by atoms with van der Waals surface area (Å²) in [5.41, 5.74) is 1.88. The molecule has 1 heterocycles. The number of carbonyl (C=O) groups is 5. The molecule has 1 saturated heterocycles. The average molecular weight is 618 g/mol. The van der Waals surface area contributed by atoms with Crippen molar-refractivity contribution in [3.63, 3.8) is 0 Å². The smallest absolute Gasteiger partial charge is 0.273 e. The topological polar surface area (TPSA) is 125 Å². The van der Waals surface area contributed by atoms with Crippen molar-refractivity contribution < 1.29 is 45.2 Å². The van der Waals surface area contributed by atoms with Gasteiger partial charge in [0.1, 0.15) is 0 Å². The molecule has 1 fully saturated rings. The molecule has 11 heteroatoms. The Morgan fingerprint density at radius 2 is 1.74 bits per heavy atom. The number of hydrogen-bond donors (Lipinski definition) is 3. The number of thioether (sulfide) groups is 1. The minimum atomic E-state index is -0.863. The standard InChI is InChI=1S/C24H34IN4O5S/c1-14(2)21(28-19(30)10-11-29-20(31)12-18(35-5)24(29)34)23(33)26-15(3)22(32)27-17-8-6-16(7-9-17)13-25-4/h6-9,14-15,18,21H,10-13H2,1-5H3,(H,26,33)(H,27,32)(H,28,30)/q-1/t15-,18?,21?/m0/s1. The number of anilines is 1. The van der Waals surface area contributed by atoms with Crippen LogP contribution in [0.15, 0.2) is 24.3 Å². The fourth-order valence-corrected chi connectivity index (χ4v) is 5.54. The Balaban J connectivity index is 1.88. The molecule has 1 aliphatic heterocycles. The molecule has 0 bridgehead atoms. The van der Waals surface area contributed by atoms with Gasteiger partial charge >= 0.3 is 128 Å². The van der Waals surface area contributed by atoms with Gasteiger partial charge < -0.3 is 0 Å². The van der Waals surface area contributed by atoms with Crippen LogP contribution in [0.4, 0.5) is 5.69 Å². The van der Waals surface area contributed by atoms with Gasteiger partial charge in [0.15, 0.2) is 0 Å². The fraction of sp³-hybridized carbons (Fsp3) is 0.542. The molecule has 1 aromatic rings. The third-order valence-electron chi connectivity index (χ3n) is 5.58. The van der Waals surface area contributed by atoms with E-state index >= 15 is 0 Å². The van der Waals surface area contributed by atoms with Gasteiger partial charge in [-0.3, -0.25) is 19.3 Å². The molecule has 2 rings (SSSR count). The van der Waals surface area contributed by atoms with E-state index < -0.39 is 29.1 Å². The van der Waals surface area contributed by atoms with E-state index in [2.05, 4.69) is 20.9 Å². The Hall–Kier alpha value is -2.15. The second kappa shape index (κ2) is 13.8. The Kier molecular flexibility index (Phi) is 11.5. The number of nitrogens with one attached hydrogen (secondary N) is 3. The van der Waals surface area contributed by atoms with Crippen molar-refractivity contribution in [1.29, 1.82) is 0 Å². The first-order chi connectivity index (χ1) is 16.6. The van der Waals surface area contributed by atoms with Gasteiger partial charge in [0.25, 0.3) is 0 Å². The second-order valence-electron chi connectivity index (χ2n) is 8.67. The predicted molar refractivity (Wildman–Crippen MR) is 132 cm³/mol. The number of imide groups is 1. The number of carbonyl (C=O) groups excluding carboxylic acids is 5. The third kappa shape index (κ3) is 8.48. The molecule has 1 aromatic carbocycles. The quantitative estimate of drug-likeness (QED) is 0.147. The molecule has 0 aromatic heterocycles. The van der Waals surface area contributed by atoms with Crippen LogP contribution in [0, 0.1) is 5.92 Å². The van der Waals surface area contributed by atoms with E-state index in [1.54, 1.807) is 27.0 Å². The summed E-state index contributed by atoms with van der Waals surface area (Å²) >= 11 is 1.47. The zero-order chi connectivity index (χ0) is 26.1. The van der Waals surface area contributed by atoms with Gasteiger partial charge in [0, 0.05) is 19.4 Å². The molecule has 3 N–H and O–H groups in total. The second-order valence-corrected chi connectivity index (χ2v) is 12.0. The van der Waals surface area contributed by atoms with Crippen LogP contribution in [-0.4, -0.2) is 69.5 Å². The van der Waals surface area contributed by atoms with Gasteiger partial charge in [-0.25, -0.2) is 0 Å². The molecular weight excluding hydrogens is 583 g/mol. The van der Waals surface area contributed by atoms with E-state index in [1.165, 1.54) is 17.3 Å². The maximum absolute atomic E-state index is 12.8. The summed E-state index contributed by atoms with van der Waals surface area (Å²) in [5, 5.41) is 7.72. The van der Waals surface area contributed by atoms with Crippen LogP contribution in [0.3, 0.4) is 0 Å². The summed E-state index contributed by atoms with van der Waals surface area (Å²) in [6.07, 6.45) is 1.81. The molecule has 1 aliphatic rings. The predicted octanol–water partition coefficient (Wildman–Crippen LogP) is -1.63.